The molecule has 0 fully saturated rings. The molecule has 1 unspecified atom stereocenters. The number of aliphatic imine (C=N–C) groups is 1. The van der Waals surface area contributed by atoms with Gasteiger partial charge >= 0.3 is 0 Å². The summed E-state index contributed by atoms with van der Waals surface area (Å²) < 4.78 is 0. The van der Waals surface area contributed by atoms with E-state index in [1.54, 1.807) is 11.0 Å². The summed E-state index contributed by atoms with van der Waals surface area (Å²) in [5.41, 5.74) is -0.474. The van der Waals surface area contributed by atoms with Gasteiger partial charge in [-0.3, -0.25) is 4.79 Å². The minimum atomic E-state index is -1.55. The number of nitrogens with zero attached hydrogens (tertiary/aromatic N) is 2. The molecule has 1 atom stereocenters. The summed E-state index contributed by atoms with van der Waals surface area (Å²) in [5.74, 6) is 0.326. The van der Waals surface area contributed by atoms with Crippen LogP contribution in [-0.2, 0) is 4.79 Å². The molecule has 2 aliphatic rings. The summed E-state index contributed by atoms with van der Waals surface area (Å²) in [4.78, 5) is 16.9. The third-order valence-corrected chi connectivity index (χ3v) is 2.40. The van der Waals surface area contributed by atoms with Gasteiger partial charge in [0.25, 0.3) is 0 Å². The lowest BCUT2D eigenvalue weighted by molar-refractivity contribution is -0.133. The first-order valence-corrected chi connectivity index (χ1v) is 4.48. The van der Waals surface area contributed by atoms with Crippen LogP contribution in [0.2, 0.25) is 0 Å². The fourth-order valence-corrected chi connectivity index (χ4v) is 1.54. The highest BCUT2D eigenvalue weighted by atomic mass is 16.3. The first kappa shape index (κ1) is 9.15. The topological polar surface area (TPSA) is 52.9 Å². The summed E-state index contributed by atoms with van der Waals surface area (Å²) in [6.07, 6.45) is 5.58. The van der Waals surface area contributed by atoms with Gasteiger partial charge in [0.15, 0.2) is 5.78 Å². The Morgan fingerprint density at radius 3 is 3.00 bits per heavy atom. The van der Waals surface area contributed by atoms with Crippen LogP contribution in [0.3, 0.4) is 0 Å². The van der Waals surface area contributed by atoms with Gasteiger partial charge in [-0.05, 0) is 25.5 Å². The van der Waals surface area contributed by atoms with Crippen LogP contribution in [0.1, 0.15) is 13.8 Å². The minimum absolute atomic E-state index is 0.222. The van der Waals surface area contributed by atoms with Crippen molar-refractivity contribution < 1.29 is 9.90 Å². The first-order valence-electron chi connectivity index (χ1n) is 4.48. The molecule has 0 aliphatic carbocycles. The van der Waals surface area contributed by atoms with Crippen LogP contribution in [-0.4, -0.2) is 33.9 Å². The lowest BCUT2D eigenvalue weighted by Crippen LogP contribution is -2.39. The molecule has 0 saturated carbocycles. The highest BCUT2D eigenvalue weighted by Crippen LogP contribution is 2.23. The van der Waals surface area contributed by atoms with Crippen molar-refractivity contribution in [2.75, 3.05) is 6.54 Å². The molecule has 4 nitrogen and oxygen atoms in total. The molecule has 0 spiro atoms. The predicted molar refractivity (Wildman–Crippen MR) is 52.7 cm³/mol. The largest absolute Gasteiger partial charge is 0.362 e. The van der Waals surface area contributed by atoms with E-state index in [0.717, 1.165) is 5.57 Å². The number of ketones is 1. The Labute approximate surface area is 82.2 Å². The summed E-state index contributed by atoms with van der Waals surface area (Å²) in [7, 11) is 0. The van der Waals surface area contributed by atoms with Gasteiger partial charge in [-0.2, -0.15) is 0 Å². The maximum atomic E-state index is 11.2. The number of fused-ring (bicyclic) bond motifs is 1. The zero-order valence-corrected chi connectivity index (χ0v) is 8.19. The molecule has 74 valence electrons. The fourth-order valence-electron chi connectivity index (χ4n) is 1.54. The average Bonchev–Trinajstić information content (AvgIpc) is 2.42. The molecule has 2 rings (SSSR count). The molecule has 0 aromatic heterocycles. The maximum absolute atomic E-state index is 11.2. The van der Waals surface area contributed by atoms with Crippen molar-refractivity contribution in [2.45, 2.75) is 19.6 Å². The zero-order chi connectivity index (χ0) is 10.3. The molecule has 1 N–H and O–H groups in total. The molecule has 4 heteroatoms. The normalized spacial score (nSPS) is 29.8. The lowest BCUT2D eigenvalue weighted by Gasteiger charge is -2.20. The van der Waals surface area contributed by atoms with Crippen LogP contribution >= 0.6 is 0 Å². The minimum Gasteiger partial charge on any atom is -0.362 e. The van der Waals surface area contributed by atoms with E-state index in [4.69, 9.17) is 0 Å². The van der Waals surface area contributed by atoms with Gasteiger partial charge in [0.1, 0.15) is 5.84 Å². The van der Waals surface area contributed by atoms with Crippen LogP contribution in [0.5, 0.6) is 0 Å². The SMILES string of the molecule is CC(=O)C1(O)CN2C=C(C)C=CC2=N1. The number of Topliss-reactive ketones (excluding diaryl/α,β-unsaturated/α-hetero) is 1. The van der Waals surface area contributed by atoms with Gasteiger partial charge < -0.3 is 10.0 Å². The van der Waals surface area contributed by atoms with E-state index in [2.05, 4.69) is 4.99 Å². The molecule has 0 aromatic rings. The Balaban J connectivity index is 2.34. The Morgan fingerprint density at radius 1 is 1.64 bits per heavy atom. The van der Waals surface area contributed by atoms with Crippen LogP contribution in [0, 0.1) is 0 Å². The number of carbonyl (C=O) groups is 1. The first-order chi connectivity index (χ1) is 6.51. The molecule has 0 saturated heterocycles. The van der Waals surface area contributed by atoms with E-state index in [1.807, 2.05) is 19.2 Å². The molecule has 14 heavy (non-hydrogen) atoms. The lowest BCUT2D eigenvalue weighted by atomic mass is 10.1. The molecule has 2 aliphatic heterocycles. The van der Waals surface area contributed by atoms with Gasteiger partial charge in [-0.25, -0.2) is 4.99 Å². The summed E-state index contributed by atoms with van der Waals surface area (Å²) in [5, 5.41) is 9.84. The van der Waals surface area contributed by atoms with Crippen molar-refractivity contribution in [2.24, 2.45) is 4.99 Å². The standard InChI is InChI=1S/C10H12N2O2/c1-7-3-4-9-11-10(14,8(2)13)6-12(9)5-7/h3-5,14H,6H2,1-2H3. The van der Waals surface area contributed by atoms with Crippen LogP contribution in [0.4, 0.5) is 0 Å². The van der Waals surface area contributed by atoms with Gasteiger partial charge in [-0.1, -0.05) is 6.08 Å². The molecule has 0 radical (unpaired) electrons. The van der Waals surface area contributed by atoms with Gasteiger partial charge in [0.2, 0.25) is 5.72 Å². The Bertz CT molecular complexity index is 382. The third-order valence-electron chi connectivity index (χ3n) is 2.40. The average molecular weight is 192 g/mol. The Kier molecular flexibility index (Phi) is 1.82. The number of amidine groups is 1. The number of carbonyl (C=O) groups excluding carboxylic acids is 1. The van der Waals surface area contributed by atoms with E-state index < -0.39 is 5.72 Å². The van der Waals surface area contributed by atoms with Gasteiger partial charge in [0, 0.05) is 6.20 Å². The summed E-state index contributed by atoms with van der Waals surface area (Å²) >= 11 is 0. The molecule has 0 amide bonds. The predicted octanol–water partition coefficient (Wildman–Crippen LogP) is 0.452. The molecule has 0 aromatic carbocycles. The van der Waals surface area contributed by atoms with E-state index in [1.165, 1.54) is 6.92 Å². The molecule has 2 heterocycles. The second-order valence-electron chi connectivity index (χ2n) is 3.68. The molecular weight excluding hydrogens is 180 g/mol. The summed E-state index contributed by atoms with van der Waals surface area (Å²) in [6, 6.07) is 0. The van der Waals surface area contributed by atoms with Crippen LogP contribution in [0.15, 0.2) is 28.9 Å². The van der Waals surface area contributed by atoms with E-state index in [9.17, 15) is 9.90 Å². The van der Waals surface area contributed by atoms with Crippen LogP contribution < -0.4 is 0 Å². The van der Waals surface area contributed by atoms with Crippen molar-refractivity contribution >= 4 is 11.6 Å². The van der Waals surface area contributed by atoms with E-state index >= 15 is 0 Å². The number of hydrogen-bond donors (Lipinski definition) is 1. The number of aliphatic hydroxyl groups is 1. The van der Waals surface area contributed by atoms with Gasteiger partial charge in [0.05, 0.1) is 6.54 Å². The molecule has 0 bridgehead atoms. The second kappa shape index (κ2) is 2.78. The van der Waals surface area contributed by atoms with Gasteiger partial charge in [-0.15, -0.1) is 0 Å². The van der Waals surface area contributed by atoms with Crippen molar-refractivity contribution in [1.29, 1.82) is 0 Å². The van der Waals surface area contributed by atoms with E-state index in [0.29, 0.717) is 5.84 Å². The highest BCUT2D eigenvalue weighted by Gasteiger charge is 2.40. The van der Waals surface area contributed by atoms with Crippen LogP contribution in [0.25, 0.3) is 0 Å². The molecular formula is C10H12N2O2. The quantitative estimate of drug-likeness (QED) is 0.656. The number of rotatable bonds is 1. The van der Waals surface area contributed by atoms with E-state index in [-0.39, 0.29) is 12.3 Å². The second-order valence-corrected chi connectivity index (χ2v) is 3.68. The van der Waals surface area contributed by atoms with Crippen molar-refractivity contribution in [3.05, 3.63) is 23.9 Å². The Morgan fingerprint density at radius 2 is 2.36 bits per heavy atom. The number of allylic oxidation sites excluding steroid dienone is 2. The number of hydrogen-bond acceptors (Lipinski definition) is 4. The van der Waals surface area contributed by atoms with Crippen molar-refractivity contribution in [1.82, 2.24) is 4.90 Å². The summed E-state index contributed by atoms with van der Waals surface area (Å²) in [6.45, 7) is 3.53. The highest BCUT2D eigenvalue weighted by molar-refractivity contribution is 6.01. The Hall–Kier alpha value is -1.42. The van der Waals surface area contributed by atoms with Crippen molar-refractivity contribution in [3.63, 3.8) is 0 Å². The third kappa shape index (κ3) is 1.28. The fraction of sp³-hybridized carbons (Fsp3) is 0.400. The maximum Gasteiger partial charge on any atom is 0.235 e. The monoisotopic (exact) mass is 192 g/mol. The smallest absolute Gasteiger partial charge is 0.235 e. The zero-order valence-electron chi connectivity index (χ0n) is 8.19. The van der Waals surface area contributed by atoms with Crippen molar-refractivity contribution in [3.8, 4) is 0 Å².